The van der Waals surface area contributed by atoms with Crippen molar-refractivity contribution < 1.29 is 9.53 Å². The number of nitrogen functional groups attached to an aromatic ring is 1. The molecule has 5 aromatic rings. The number of nitrogens with two attached hydrogens (primary N) is 1. The van der Waals surface area contributed by atoms with E-state index in [1.807, 2.05) is 53.1 Å². The van der Waals surface area contributed by atoms with Crippen LogP contribution in [-0.4, -0.2) is 40.5 Å². The number of esters is 1. The van der Waals surface area contributed by atoms with Crippen LogP contribution >= 0.6 is 0 Å². The van der Waals surface area contributed by atoms with Gasteiger partial charge in [0.15, 0.2) is 17.3 Å². The quantitative estimate of drug-likeness (QED) is 0.425. The third kappa shape index (κ3) is 3.54. The van der Waals surface area contributed by atoms with Gasteiger partial charge in [0.1, 0.15) is 17.9 Å². The predicted molar refractivity (Wildman–Crippen MR) is 117 cm³/mol. The van der Waals surface area contributed by atoms with E-state index in [4.69, 9.17) is 20.4 Å². The van der Waals surface area contributed by atoms with Crippen molar-refractivity contribution in [1.82, 2.24) is 34.5 Å². The Kier molecular flexibility index (Phi) is 4.79. The van der Waals surface area contributed by atoms with Gasteiger partial charge in [0.25, 0.3) is 0 Å². The van der Waals surface area contributed by atoms with E-state index in [0.717, 1.165) is 11.3 Å². The monoisotopic (exact) mass is 426 g/mol. The number of nitrogens with zero attached hydrogens (tertiary/aromatic N) is 7. The lowest BCUT2D eigenvalue weighted by molar-refractivity contribution is -0.142. The Balaban J connectivity index is 1.69. The molecule has 0 saturated carbocycles. The second-order valence-corrected chi connectivity index (χ2v) is 7.01. The zero-order valence-electron chi connectivity index (χ0n) is 17.1. The van der Waals surface area contributed by atoms with Crippen molar-refractivity contribution in [2.75, 3.05) is 5.73 Å². The van der Waals surface area contributed by atoms with E-state index in [1.54, 1.807) is 23.3 Å². The molecule has 0 amide bonds. The van der Waals surface area contributed by atoms with Gasteiger partial charge in [-0.05, 0) is 42.0 Å². The molecule has 0 aliphatic heterocycles. The highest BCUT2D eigenvalue weighted by Crippen LogP contribution is 2.30. The van der Waals surface area contributed by atoms with E-state index in [2.05, 4.69) is 15.3 Å². The van der Waals surface area contributed by atoms with E-state index >= 15 is 0 Å². The number of carbonyl (C=O) groups excluding carboxylic acids is 1. The van der Waals surface area contributed by atoms with Crippen LogP contribution in [0.15, 0.2) is 67.1 Å². The van der Waals surface area contributed by atoms with Gasteiger partial charge in [0.05, 0.1) is 18.0 Å². The molecule has 10 heteroatoms. The number of ether oxygens (including phenoxy) is 1. The molecule has 5 rings (SSSR count). The van der Waals surface area contributed by atoms with Gasteiger partial charge in [0.2, 0.25) is 0 Å². The topological polar surface area (TPSA) is 127 Å². The van der Waals surface area contributed by atoms with Crippen molar-refractivity contribution >= 4 is 23.0 Å². The van der Waals surface area contributed by atoms with Crippen LogP contribution in [0.4, 0.5) is 5.82 Å². The Hall–Kier alpha value is -4.60. The highest BCUT2D eigenvalue weighted by Gasteiger charge is 2.18. The molecule has 158 valence electrons. The number of carbonyl (C=O) groups is 1. The van der Waals surface area contributed by atoms with Gasteiger partial charge in [-0.3, -0.25) is 9.36 Å². The first-order valence-corrected chi connectivity index (χ1v) is 9.80. The molecule has 1 aromatic carbocycles. The van der Waals surface area contributed by atoms with Gasteiger partial charge in [-0.1, -0.05) is 17.3 Å². The second kappa shape index (κ2) is 7.91. The first kappa shape index (κ1) is 19.4. The number of fused-ring (bicyclic) bond motifs is 1. The Labute approximate surface area is 182 Å². The van der Waals surface area contributed by atoms with Gasteiger partial charge in [0, 0.05) is 18.8 Å². The lowest BCUT2D eigenvalue weighted by Crippen LogP contribution is -2.04. The fraction of sp³-hybridized carbons (Fsp3) is 0.0909. The van der Waals surface area contributed by atoms with Crippen molar-refractivity contribution in [3.05, 3.63) is 72.7 Å². The maximum atomic E-state index is 11.1. The van der Waals surface area contributed by atoms with Crippen molar-refractivity contribution in [3.63, 3.8) is 0 Å². The molecule has 10 nitrogen and oxygen atoms in total. The summed E-state index contributed by atoms with van der Waals surface area (Å²) in [7, 11) is 0. The van der Waals surface area contributed by atoms with Crippen molar-refractivity contribution in [2.45, 2.75) is 13.5 Å². The normalized spacial score (nSPS) is 11.0. The maximum absolute atomic E-state index is 11.1. The number of pyridine rings is 2. The van der Waals surface area contributed by atoms with Crippen LogP contribution in [-0.2, 0) is 16.1 Å². The van der Waals surface area contributed by atoms with E-state index in [-0.39, 0.29) is 12.6 Å². The molecular formula is C22H18N8O2. The molecule has 0 aliphatic carbocycles. The summed E-state index contributed by atoms with van der Waals surface area (Å²) in [6, 6.07) is 15.0. The summed E-state index contributed by atoms with van der Waals surface area (Å²) in [5.74, 6) is 1.26. The molecule has 4 heterocycles. The van der Waals surface area contributed by atoms with Crippen LogP contribution in [0.3, 0.4) is 0 Å². The zero-order chi connectivity index (χ0) is 22.1. The Morgan fingerprint density at radius 1 is 1.06 bits per heavy atom. The molecule has 0 atom stereocenters. The first-order valence-electron chi connectivity index (χ1n) is 9.80. The van der Waals surface area contributed by atoms with Gasteiger partial charge in [-0.15, -0.1) is 5.10 Å². The highest BCUT2D eigenvalue weighted by molar-refractivity contribution is 5.83. The van der Waals surface area contributed by atoms with Crippen molar-refractivity contribution in [3.8, 4) is 22.9 Å². The molecule has 32 heavy (non-hydrogen) atoms. The van der Waals surface area contributed by atoms with Crippen LogP contribution in [0.5, 0.6) is 0 Å². The number of hydrogen-bond donors (Lipinski definition) is 1. The van der Waals surface area contributed by atoms with E-state index in [1.165, 1.54) is 6.92 Å². The molecular weight excluding hydrogens is 408 g/mol. The van der Waals surface area contributed by atoms with Crippen LogP contribution in [0.1, 0.15) is 12.5 Å². The van der Waals surface area contributed by atoms with E-state index < -0.39 is 0 Å². The molecule has 4 aromatic heterocycles. The maximum Gasteiger partial charge on any atom is 0.302 e. The fourth-order valence-electron chi connectivity index (χ4n) is 3.36. The highest BCUT2D eigenvalue weighted by atomic mass is 16.5. The molecule has 0 unspecified atom stereocenters. The van der Waals surface area contributed by atoms with Crippen LogP contribution < -0.4 is 5.73 Å². The Morgan fingerprint density at radius 3 is 2.62 bits per heavy atom. The number of anilines is 1. The number of hydrogen-bond acceptors (Lipinski definition) is 8. The number of imidazole rings is 1. The fourth-order valence-corrected chi connectivity index (χ4v) is 3.36. The summed E-state index contributed by atoms with van der Waals surface area (Å²) >= 11 is 0. The Morgan fingerprint density at radius 2 is 1.91 bits per heavy atom. The van der Waals surface area contributed by atoms with Crippen molar-refractivity contribution in [1.29, 1.82) is 0 Å². The summed E-state index contributed by atoms with van der Waals surface area (Å²) < 4.78 is 8.58. The largest absolute Gasteiger partial charge is 0.461 e. The summed E-state index contributed by atoms with van der Waals surface area (Å²) in [4.78, 5) is 24.9. The molecule has 0 saturated heterocycles. The molecule has 0 bridgehead atoms. The van der Waals surface area contributed by atoms with Crippen molar-refractivity contribution in [2.24, 2.45) is 0 Å². The minimum Gasteiger partial charge on any atom is -0.461 e. The molecule has 0 fully saturated rings. The lowest BCUT2D eigenvalue weighted by atomic mass is 10.2. The minimum absolute atomic E-state index is 0.206. The number of aromatic nitrogens is 7. The standard InChI is InChI=1S/C22H18N8O2/c1-14(31)32-13-15-4-6-16(7-5-15)30-21(17-3-2-10-24-20(17)23)26-18-8-9-19(27-22(18)30)29-12-11-25-28-29/h2-12H,13H2,1H3,(H2,23,24). The van der Waals surface area contributed by atoms with Crippen LogP contribution in [0, 0.1) is 0 Å². The van der Waals surface area contributed by atoms with Crippen LogP contribution in [0.25, 0.3) is 34.1 Å². The predicted octanol–water partition coefficient (Wildman–Crippen LogP) is 2.71. The summed E-state index contributed by atoms with van der Waals surface area (Å²) in [5.41, 5.74) is 9.86. The smallest absolute Gasteiger partial charge is 0.302 e. The van der Waals surface area contributed by atoms with Gasteiger partial charge >= 0.3 is 5.97 Å². The third-order valence-electron chi connectivity index (χ3n) is 4.86. The average Bonchev–Trinajstić information content (AvgIpc) is 3.46. The zero-order valence-corrected chi connectivity index (χ0v) is 17.1. The van der Waals surface area contributed by atoms with E-state index in [0.29, 0.717) is 34.2 Å². The Bertz CT molecular complexity index is 1410. The summed E-state index contributed by atoms with van der Waals surface area (Å²) in [5, 5.41) is 7.88. The molecule has 0 aliphatic rings. The van der Waals surface area contributed by atoms with Gasteiger partial charge < -0.3 is 10.5 Å². The summed E-state index contributed by atoms with van der Waals surface area (Å²) in [6.45, 7) is 1.59. The van der Waals surface area contributed by atoms with Crippen LogP contribution in [0.2, 0.25) is 0 Å². The molecule has 0 spiro atoms. The lowest BCUT2D eigenvalue weighted by Gasteiger charge is -2.11. The number of benzene rings is 1. The first-order chi connectivity index (χ1) is 15.6. The van der Waals surface area contributed by atoms with Gasteiger partial charge in [-0.25, -0.2) is 19.6 Å². The average molecular weight is 426 g/mol. The molecule has 2 N–H and O–H groups in total. The second-order valence-electron chi connectivity index (χ2n) is 7.01. The third-order valence-corrected chi connectivity index (χ3v) is 4.86. The van der Waals surface area contributed by atoms with E-state index in [9.17, 15) is 4.79 Å². The van der Waals surface area contributed by atoms with Gasteiger partial charge in [-0.2, -0.15) is 0 Å². The summed E-state index contributed by atoms with van der Waals surface area (Å²) in [6.07, 6.45) is 4.95. The SMILES string of the molecule is CC(=O)OCc1ccc(-n2c(-c3cccnc3N)nc3ccc(-n4ccnn4)nc32)cc1. The molecule has 0 radical (unpaired) electrons. The number of rotatable bonds is 5. The minimum atomic E-state index is -0.325.